The molecule has 0 bridgehead atoms. The topological polar surface area (TPSA) is 33.1 Å². The molecule has 0 spiro atoms. The van der Waals surface area contributed by atoms with Crippen molar-refractivity contribution >= 4 is 11.6 Å². The van der Waals surface area contributed by atoms with E-state index in [-0.39, 0.29) is 12.0 Å². The predicted octanol–water partition coefficient (Wildman–Crippen LogP) is 3.76. The van der Waals surface area contributed by atoms with Crippen LogP contribution in [0.1, 0.15) is 35.6 Å². The Hall–Kier alpha value is -1.38. The van der Waals surface area contributed by atoms with Crippen LogP contribution in [0, 0.1) is 0 Å². The van der Waals surface area contributed by atoms with E-state index in [4.69, 9.17) is 11.6 Å². The zero-order chi connectivity index (χ0) is 13.9. The molecule has 1 aromatic carbocycles. The number of halogens is 1. The minimum absolute atomic E-state index is 0.149. The third-order valence-electron chi connectivity index (χ3n) is 4.06. The highest BCUT2D eigenvalue weighted by Crippen LogP contribution is 2.33. The first-order valence-electron chi connectivity index (χ1n) is 7.10. The molecule has 2 atom stereocenters. The summed E-state index contributed by atoms with van der Waals surface area (Å²) in [5.41, 5.74) is 3.49. The summed E-state index contributed by atoms with van der Waals surface area (Å²) in [6.07, 6.45) is 5.31. The fraction of sp³-hybridized carbons (Fsp3) is 0.353. The Kier molecular flexibility index (Phi) is 4.04. The summed E-state index contributed by atoms with van der Waals surface area (Å²) < 4.78 is 0. The average molecular weight is 288 g/mol. The summed E-state index contributed by atoms with van der Waals surface area (Å²) in [5.74, 6) is 0.149. The Morgan fingerprint density at radius 2 is 2.05 bits per heavy atom. The van der Waals surface area contributed by atoms with E-state index in [0.717, 1.165) is 35.5 Å². The number of aromatic nitrogens is 1. The highest BCUT2D eigenvalue weighted by molar-refractivity contribution is 6.30. The first kappa shape index (κ1) is 13.6. The lowest BCUT2D eigenvalue weighted by molar-refractivity contribution is 0.132. The Morgan fingerprint density at radius 3 is 2.85 bits per heavy atom. The van der Waals surface area contributed by atoms with Gasteiger partial charge in [-0.1, -0.05) is 29.8 Å². The minimum atomic E-state index is -0.384. The largest absolute Gasteiger partial charge is 0.392 e. The van der Waals surface area contributed by atoms with Crippen molar-refractivity contribution < 1.29 is 5.11 Å². The highest BCUT2D eigenvalue weighted by atomic mass is 35.5. The molecule has 3 rings (SSSR count). The van der Waals surface area contributed by atoms with Crippen molar-refractivity contribution in [2.24, 2.45) is 0 Å². The molecule has 1 aromatic heterocycles. The van der Waals surface area contributed by atoms with Gasteiger partial charge >= 0.3 is 0 Å². The Bertz CT molecular complexity index is 582. The molecule has 0 saturated carbocycles. The Balaban J connectivity index is 1.78. The maximum absolute atomic E-state index is 10.6. The van der Waals surface area contributed by atoms with Crippen molar-refractivity contribution in [2.75, 3.05) is 0 Å². The van der Waals surface area contributed by atoms with E-state index in [1.165, 1.54) is 5.56 Å². The van der Waals surface area contributed by atoms with E-state index >= 15 is 0 Å². The molecular formula is C17H18ClNO. The maximum Gasteiger partial charge on any atom is 0.0664 e. The van der Waals surface area contributed by atoms with Crippen LogP contribution in [0.25, 0.3) is 0 Å². The van der Waals surface area contributed by atoms with E-state index in [2.05, 4.69) is 11.1 Å². The average Bonchev–Trinajstić information content (AvgIpc) is 2.49. The summed E-state index contributed by atoms with van der Waals surface area (Å²) in [6, 6.07) is 11.8. The maximum atomic E-state index is 10.6. The van der Waals surface area contributed by atoms with Crippen molar-refractivity contribution in [3.63, 3.8) is 0 Å². The van der Waals surface area contributed by atoms with Gasteiger partial charge in [-0.05, 0) is 55.0 Å². The van der Waals surface area contributed by atoms with Crippen LogP contribution in [0.15, 0.2) is 42.6 Å². The molecule has 2 nitrogen and oxygen atoms in total. The second-order valence-electron chi connectivity index (χ2n) is 5.44. The number of benzene rings is 1. The highest BCUT2D eigenvalue weighted by Gasteiger charge is 2.27. The summed E-state index contributed by atoms with van der Waals surface area (Å²) >= 11 is 5.89. The number of pyridine rings is 1. The van der Waals surface area contributed by atoms with Crippen LogP contribution in [-0.4, -0.2) is 16.2 Å². The molecule has 0 saturated heterocycles. The molecule has 0 fully saturated rings. The molecule has 3 heteroatoms. The fourth-order valence-electron chi connectivity index (χ4n) is 3.02. The number of rotatable bonds is 3. The molecule has 1 N–H and O–H groups in total. The molecule has 1 heterocycles. The second kappa shape index (κ2) is 5.94. The van der Waals surface area contributed by atoms with Crippen molar-refractivity contribution in [1.29, 1.82) is 0 Å². The Labute approximate surface area is 124 Å². The first-order chi connectivity index (χ1) is 9.74. The number of aliphatic hydroxyl groups is 1. The third kappa shape index (κ3) is 2.87. The molecule has 2 aromatic rings. The number of aliphatic hydroxyl groups excluding tert-OH is 1. The summed E-state index contributed by atoms with van der Waals surface area (Å²) in [7, 11) is 0. The number of hydrogen-bond donors (Lipinski definition) is 1. The molecule has 2 unspecified atom stereocenters. The second-order valence-corrected chi connectivity index (χ2v) is 5.88. The lowest BCUT2D eigenvalue weighted by Crippen LogP contribution is -2.25. The molecule has 0 radical (unpaired) electrons. The van der Waals surface area contributed by atoms with Gasteiger partial charge in [0.25, 0.3) is 0 Å². The van der Waals surface area contributed by atoms with Crippen LogP contribution >= 0.6 is 11.6 Å². The molecule has 20 heavy (non-hydrogen) atoms. The molecule has 1 aliphatic rings. The van der Waals surface area contributed by atoms with Gasteiger partial charge in [0.05, 0.1) is 6.10 Å². The smallest absolute Gasteiger partial charge is 0.0664 e. The Morgan fingerprint density at radius 1 is 1.25 bits per heavy atom. The van der Waals surface area contributed by atoms with Crippen LogP contribution in [-0.2, 0) is 12.8 Å². The SMILES string of the molecule is OC(Cc1ccc(Cl)cc1)C1CCCc2cccnc21. The van der Waals surface area contributed by atoms with Crippen molar-refractivity contribution in [3.05, 3.63) is 64.4 Å². The van der Waals surface area contributed by atoms with Gasteiger partial charge in [0.1, 0.15) is 0 Å². The van der Waals surface area contributed by atoms with Gasteiger partial charge in [-0.25, -0.2) is 0 Å². The number of nitrogens with zero attached hydrogens (tertiary/aromatic N) is 1. The van der Waals surface area contributed by atoms with Gasteiger partial charge < -0.3 is 5.11 Å². The normalized spacial score (nSPS) is 19.4. The van der Waals surface area contributed by atoms with Gasteiger partial charge in [0.2, 0.25) is 0 Å². The first-order valence-corrected chi connectivity index (χ1v) is 7.48. The van der Waals surface area contributed by atoms with Crippen LogP contribution in [0.3, 0.4) is 0 Å². The van der Waals surface area contributed by atoms with E-state index in [1.54, 1.807) is 0 Å². The lowest BCUT2D eigenvalue weighted by Gasteiger charge is -2.28. The van der Waals surface area contributed by atoms with Gasteiger partial charge in [0, 0.05) is 22.8 Å². The van der Waals surface area contributed by atoms with E-state index in [0.29, 0.717) is 6.42 Å². The third-order valence-corrected chi connectivity index (χ3v) is 4.31. The monoisotopic (exact) mass is 287 g/mol. The lowest BCUT2D eigenvalue weighted by atomic mass is 9.81. The van der Waals surface area contributed by atoms with E-state index in [1.807, 2.05) is 36.5 Å². The van der Waals surface area contributed by atoms with Crippen molar-refractivity contribution in [1.82, 2.24) is 4.98 Å². The van der Waals surface area contributed by atoms with Crippen LogP contribution in [0.2, 0.25) is 5.02 Å². The summed E-state index contributed by atoms with van der Waals surface area (Å²) in [5, 5.41) is 11.3. The standard InChI is InChI=1S/C17H18ClNO/c18-14-8-6-12(7-9-14)11-16(20)15-5-1-3-13-4-2-10-19-17(13)15/h2,4,6-10,15-16,20H,1,3,5,11H2. The van der Waals surface area contributed by atoms with Crippen LogP contribution in [0.5, 0.6) is 0 Å². The fourth-order valence-corrected chi connectivity index (χ4v) is 3.15. The molecule has 0 amide bonds. The molecule has 1 aliphatic carbocycles. The van der Waals surface area contributed by atoms with Crippen LogP contribution in [0.4, 0.5) is 0 Å². The zero-order valence-corrected chi connectivity index (χ0v) is 12.1. The molecule has 0 aliphatic heterocycles. The van der Waals surface area contributed by atoms with Gasteiger partial charge in [-0.2, -0.15) is 0 Å². The van der Waals surface area contributed by atoms with Gasteiger partial charge in [0.15, 0.2) is 0 Å². The number of aryl methyl sites for hydroxylation is 1. The van der Waals surface area contributed by atoms with E-state index < -0.39 is 0 Å². The number of hydrogen-bond acceptors (Lipinski definition) is 2. The number of fused-ring (bicyclic) bond motifs is 1. The van der Waals surface area contributed by atoms with Crippen LogP contribution < -0.4 is 0 Å². The minimum Gasteiger partial charge on any atom is -0.392 e. The zero-order valence-electron chi connectivity index (χ0n) is 11.3. The molecule has 104 valence electrons. The van der Waals surface area contributed by atoms with Gasteiger partial charge in [-0.15, -0.1) is 0 Å². The predicted molar refractivity (Wildman–Crippen MR) is 81.1 cm³/mol. The van der Waals surface area contributed by atoms with Crippen molar-refractivity contribution in [2.45, 2.75) is 37.7 Å². The van der Waals surface area contributed by atoms with Gasteiger partial charge in [-0.3, -0.25) is 4.98 Å². The van der Waals surface area contributed by atoms with E-state index in [9.17, 15) is 5.11 Å². The van der Waals surface area contributed by atoms with Crippen molar-refractivity contribution in [3.8, 4) is 0 Å². The quantitative estimate of drug-likeness (QED) is 0.932. The summed E-state index contributed by atoms with van der Waals surface area (Å²) in [4.78, 5) is 4.50. The molecular weight excluding hydrogens is 270 g/mol. The summed E-state index contributed by atoms with van der Waals surface area (Å²) in [6.45, 7) is 0.